The molecule has 1 amide bonds. The molecule has 0 saturated heterocycles. The fourth-order valence-electron chi connectivity index (χ4n) is 3.47. The molecule has 0 spiro atoms. The molecule has 0 saturated carbocycles. The van der Waals surface area contributed by atoms with Crippen LogP contribution in [0.3, 0.4) is 0 Å². The van der Waals surface area contributed by atoms with E-state index in [1.807, 2.05) is 48.5 Å². The number of terminal acetylenes is 1. The fraction of sp³-hybridized carbons (Fsp3) is 0.136. The normalized spacial score (nSPS) is 13.7. The van der Waals surface area contributed by atoms with Crippen molar-refractivity contribution in [1.82, 2.24) is 0 Å². The van der Waals surface area contributed by atoms with Gasteiger partial charge in [0.05, 0.1) is 19.3 Å². The zero-order valence-corrected chi connectivity index (χ0v) is 14.3. The summed E-state index contributed by atoms with van der Waals surface area (Å²) in [6.07, 6.45) is 4.38. The van der Waals surface area contributed by atoms with E-state index < -0.39 is 6.10 Å². The molecule has 1 aliphatic heterocycles. The smallest absolute Gasteiger partial charge is 0.259 e. The van der Waals surface area contributed by atoms with Gasteiger partial charge in [0.25, 0.3) is 5.91 Å². The number of ether oxygens (including phenoxy) is 1. The van der Waals surface area contributed by atoms with E-state index in [0.717, 1.165) is 27.8 Å². The molecule has 3 aromatic carbocycles. The third-order valence-electron chi connectivity index (χ3n) is 4.77. The molecular formula is C22H17NO3. The van der Waals surface area contributed by atoms with Gasteiger partial charge in [0, 0.05) is 16.5 Å². The minimum Gasteiger partial charge on any atom is -0.497 e. The van der Waals surface area contributed by atoms with E-state index in [4.69, 9.17) is 11.2 Å². The first kappa shape index (κ1) is 16.2. The number of carbonyl (C=O) groups is 1. The molecule has 1 unspecified atom stereocenters. The zero-order chi connectivity index (χ0) is 18.3. The number of anilines is 1. The minimum atomic E-state index is -0.995. The summed E-state index contributed by atoms with van der Waals surface area (Å²) >= 11 is 0. The lowest BCUT2D eigenvalue weighted by molar-refractivity contribution is 0.0991. The Morgan fingerprint density at radius 3 is 2.62 bits per heavy atom. The highest BCUT2D eigenvalue weighted by atomic mass is 16.5. The van der Waals surface area contributed by atoms with Crippen molar-refractivity contribution in [1.29, 1.82) is 0 Å². The van der Waals surface area contributed by atoms with Gasteiger partial charge in [0.2, 0.25) is 0 Å². The monoisotopic (exact) mass is 343 g/mol. The van der Waals surface area contributed by atoms with Crippen molar-refractivity contribution < 1.29 is 14.6 Å². The largest absolute Gasteiger partial charge is 0.497 e. The first-order valence-electron chi connectivity index (χ1n) is 8.28. The quantitative estimate of drug-likeness (QED) is 0.735. The van der Waals surface area contributed by atoms with Crippen LogP contribution in [0.5, 0.6) is 5.75 Å². The summed E-state index contributed by atoms with van der Waals surface area (Å²) < 4.78 is 5.18. The molecular weight excluding hydrogens is 326 g/mol. The maximum Gasteiger partial charge on any atom is 0.259 e. The molecule has 1 N–H and O–H groups in total. The maximum atomic E-state index is 13.0. The second-order valence-corrected chi connectivity index (χ2v) is 6.21. The van der Waals surface area contributed by atoms with Crippen LogP contribution in [0.2, 0.25) is 0 Å². The lowest BCUT2D eigenvalue weighted by Gasteiger charge is -2.18. The van der Waals surface area contributed by atoms with Crippen LogP contribution < -0.4 is 9.64 Å². The average molecular weight is 343 g/mol. The van der Waals surface area contributed by atoms with Crippen LogP contribution in [-0.2, 0) is 6.54 Å². The molecule has 0 aromatic heterocycles. The molecule has 0 fully saturated rings. The highest BCUT2D eigenvalue weighted by molar-refractivity contribution is 6.25. The van der Waals surface area contributed by atoms with Gasteiger partial charge in [-0.25, -0.2) is 0 Å². The Bertz CT molecular complexity index is 1050. The lowest BCUT2D eigenvalue weighted by Crippen LogP contribution is -2.25. The zero-order valence-electron chi connectivity index (χ0n) is 14.3. The summed E-state index contributed by atoms with van der Waals surface area (Å²) in [6, 6.07) is 16.8. The molecule has 1 heterocycles. The highest BCUT2D eigenvalue weighted by Gasteiger charge is 2.31. The molecule has 0 radical (unpaired) electrons. The Labute approximate surface area is 151 Å². The standard InChI is InChI=1S/C22H17NO3/c1-3-20(24)16-11-12-19-21-17(16)5-4-6-18(21)22(25)23(19)13-14-7-9-15(26-2)10-8-14/h1,4-12,20,24H,13H2,2H3. The molecule has 0 bridgehead atoms. The summed E-state index contributed by atoms with van der Waals surface area (Å²) in [4.78, 5) is 14.7. The van der Waals surface area contributed by atoms with Gasteiger partial charge >= 0.3 is 0 Å². The van der Waals surface area contributed by atoms with Crippen molar-refractivity contribution in [3.05, 3.63) is 71.3 Å². The van der Waals surface area contributed by atoms with E-state index in [-0.39, 0.29) is 5.91 Å². The molecule has 0 aliphatic carbocycles. The third-order valence-corrected chi connectivity index (χ3v) is 4.77. The van der Waals surface area contributed by atoms with Crippen LogP contribution in [-0.4, -0.2) is 18.1 Å². The Morgan fingerprint density at radius 1 is 1.15 bits per heavy atom. The maximum absolute atomic E-state index is 13.0. The number of methoxy groups -OCH3 is 1. The molecule has 4 rings (SSSR count). The Kier molecular flexibility index (Phi) is 3.87. The number of amides is 1. The lowest BCUT2D eigenvalue weighted by atomic mass is 9.97. The third kappa shape index (κ3) is 2.42. The van der Waals surface area contributed by atoms with Crippen LogP contribution in [0.15, 0.2) is 54.6 Å². The number of aliphatic hydroxyl groups excluding tert-OH is 1. The van der Waals surface area contributed by atoms with E-state index >= 15 is 0 Å². The molecule has 4 nitrogen and oxygen atoms in total. The number of aliphatic hydroxyl groups is 1. The number of benzene rings is 3. The molecule has 4 heteroatoms. The first-order chi connectivity index (χ1) is 12.6. The molecule has 1 aliphatic rings. The number of hydrogen-bond donors (Lipinski definition) is 1. The van der Waals surface area contributed by atoms with Crippen molar-refractivity contribution in [2.24, 2.45) is 0 Å². The topological polar surface area (TPSA) is 49.8 Å². The summed E-state index contributed by atoms with van der Waals surface area (Å²) in [6.45, 7) is 0.462. The fourth-order valence-corrected chi connectivity index (χ4v) is 3.47. The minimum absolute atomic E-state index is 0.0474. The van der Waals surface area contributed by atoms with Gasteiger partial charge in [-0.1, -0.05) is 36.3 Å². The van der Waals surface area contributed by atoms with Crippen molar-refractivity contribution in [2.45, 2.75) is 12.6 Å². The van der Waals surface area contributed by atoms with Gasteiger partial charge < -0.3 is 14.7 Å². The Morgan fingerprint density at radius 2 is 1.92 bits per heavy atom. The molecule has 26 heavy (non-hydrogen) atoms. The molecule has 1 atom stereocenters. The van der Waals surface area contributed by atoms with E-state index in [0.29, 0.717) is 17.7 Å². The van der Waals surface area contributed by atoms with Crippen LogP contribution in [0.4, 0.5) is 5.69 Å². The molecule has 3 aromatic rings. The SMILES string of the molecule is C#CC(O)c1ccc2c3c(cccc13)C(=O)N2Cc1ccc(OC)cc1. The van der Waals surface area contributed by atoms with Crippen molar-refractivity contribution in [3.63, 3.8) is 0 Å². The van der Waals surface area contributed by atoms with Gasteiger partial charge in [-0.2, -0.15) is 0 Å². The predicted molar refractivity (Wildman–Crippen MR) is 101 cm³/mol. The second-order valence-electron chi connectivity index (χ2n) is 6.21. The Hall–Kier alpha value is -3.29. The summed E-state index contributed by atoms with van der Waals surface area (Å²) in [5.74, 6) is 3.08. The number of hydrogen-bond acceptors (Lipinski definition) is 3. The first-order valence-corrected chi connectivity index (χ1v) is 8.28. The number of rotatable bonds is 4. The average Bonchev–Trinajstić information content (AvgIpc) is 2.96. The van der Waals surface area contributed by atoms with Gasteiger partial charge in [0.1, 0.15) is 11.9 Å². The van der Waals surface area contributed by atoms with Crippen molar-refractivity contribution in [3.8, 4) is 18.1 Å². The van der Waals surface area contributed by atoms with E-state index in [1.54, 1.807) is 18.1 Å². The highest BCUT2D eigenvalue weighted by Crippen LogP contribution is 2.41. The van der Waals surface area contributed by atoms with E-state index in [1.165, 1.54) is 0 Å². The van der Waals surface area contributed by atoms with Gasteiger partial charge in [-0.05, 0) is 35.2 Å². The van der Waals surface area contributed by atoms with Crippen LogP contribution >= 0.6 is 0 Å². The van der Waals surface area contributed by atoms with Crippen LogP contribution in [0.25, 0.3) is 10.8 Å². The van der Waals surface area contributed by atoms with Gasteiger partial charge in [-0.3, -0.25) is 4.79 Å². The summed E-state index contributed by atoms with van der Waals surface area (Å²) in [5, 5.41) is 11.8. The second kappa shape index (κ2) is 6.21. The number of carbonyl (C=O) groups excluding carboxylic acids is 1. The van der Waals surface area contributed by atoms with Gasteiger partial charge in [0.15, 0.2) is 0 Å². The van der Waals surface area contributed by atoms with Crippen molar-refractivity contribution in [2.75, 3.05) is 12.0 Å². The molecule has 128 valence electrons. The van der Waals surface area contributed by atoms with Crippen LogP contribution in [0.1, 0.15) is 27.6 Å². The van der Waals surface area contributed by atoms with E-state index in [2.05, 4.69) is 5.92 Å². The predicted octanol–water partition coefficient (Wildman–Crippen LogP) is 3.68. The summed E-state index contributed by atoms with van der Waals surface area (Å²) in [5.41, 5.74) is 3.13. The van der Waals surface area contributed by atoms with Crippen LogP contribution in [0, 0.1) is 12.3 Å². The number of nitrogens with zero attached hydrogens (tertiary/aromatic N) is 1. The Balaban J connectivity index is 1.79. The van der Waals surface area contributed by atoms with E-state index in [9.17, 15) is 9.90 Å². The van der Waals surface area contributed by atoms with Gasteiger partial charge in [-0.15, -0.1) is 6.42 Å². The summed E-state index contributed by atoms with van der Waals surface area (Å²) in [7, 11) is 1.62. The van der Waals surface area contributed by atoms with Crippen molar-refractivity contribution >= 4 is 22.4 Å².